The topological polar surface area (TPSA) is 26.3 Å². The van der Waals surface area contributed by atoms with E-state index < -0.39 is 13.9 Å². The Balaban J connectivity index is 3.00. The molecular weight excluding hydrogens is 288 g/mol. The molecule has 0 aromatic carbocycles. The van der Waals surface area contributed by atoms with Crippen molar-refractivity contribution in [3.8, 4) is 23.7 Å². The van der Waals surface area contributed by atoms with E-state index in [0.717, 1.165) is 19.3 Å². The standard InChI is InChI=1S/C19H26O2Si/c1-18(2,3)22(4,5)21-19(15-11-9-12-16-19)14-10-7-6-8-13-17-20/h6-7,11,15,17H,9,12,16H2,1-5H3/b7-6-. The molecule has 0 heterocycles. The fourth-order valence-corrected chi connectivity index (χ4v) is 3.43. The highest BCUT2D eigenvalue weighted by Crippen LogP contribution is 2.41. The van der Waals surface area contributed by atoms with Gasteiger partial charge >= 0.3 is 0 Å². The van der Waals surface area contributed by atoms with Crippen LogP contribution in [0.4, 0.5) is 0 Å². The molecule has 118 valence electrons. The summed E-state index contributed by atoms with van der Waals surface area (Å²) in [6.07, 6.45) is 11.2. The molecule has 0 fully saturated rings. The third-order valence-electron chi connectivity index (χ3n) is 4.23. The minimum Gasteiger partial charge on any atom is -0.398 e. The number of carbonyl (C=O) groups excluding carboxylic acids is 1. The summed E-state index contributed by atoms with van der Waals surface area (Å²) in [5.74, 6) is 11.2. The lowest BCUT2D eigenvalue weighted by Crippen LogP contribution is -2.49. The van der Waals surface area contributed by atoms with Crippen LogP contribution < -0.4 is 0 Å². The van der Waals surface area contributed by atoms with Crippen molar-refractivity contribution in [2.24, 2.45) is 0 Å². The van der Waals surface area contributed by atoms with Crippen LogP contribution >= 0.6 is 0 Å². The van der Waals surface area contributed by atoms with E-state index in [4.69, 9.17) is 4.43 Å². The zero-order valence-electron chi connectivity index (χ0n) is 14.3. The number of hydrogen-bond donors (Lipinski definition) is 0. The molecule has 0 amide bonds. The Morgan fingerprint density at radius 2 is 1.86 bits per heavy atom. The zero-order chi connectivity index (χ0) is 16.7. The van der Waals surface area contributed by atoms with E-state index in [1.807, 2.05) is 0 Å². The van der Waals surface area contributed by atoms with Crippen molar-refractivity contribution >= 4 is 14.6 Å². The Bertz CT molecular complexity index is 571. The van der Waals surface area contributed by atoms with E-state index in [1.54, 1.807) is 12.2 Å². The van der Waals surface area contributed by atoms with Crippen LogP contribution in [-0.4, -0.2) is 20.2 Å². The summed E-state index contributed by atoms with van der Waals surface area (Å²) in [4.78, 5) is 10.1. The average molecular weight is 315 g/mol. The molecule has 0 radical (unpaired) electrons. The summed E-state index contributed by atoms with van der Waals surface area (Å²) < 4.78 is 6.61. The van der Waals surface area contributed by atoms with Gasteiger partial charge in [-0.1, -0.05) is 44.6 Å². The van der Waals surface area contributed by atoms with E-state index in [1.165, 1.54) is 0 Å². The molecule has 0 aliphatic heterocycles. The lowest BCUT2D eigenvalue weighted by atomic mass is 9.92. The second-order valence-corrected chi connectivity index (χ2v) is 11.8. The summed E-state index contributed by atoms with van der Waals surface area (Å²) in [5.41, 5.74) is -0.482. The van der Waals surface area contributed by atoms with E-state index in [-0.39, 0.29) is 5.04 Å². The highest BCUT2D eigenvalue weighted by atomic mass is 28.4. The van der Waals surface area contributed by atoms with E-state index in [9.17, 15) is 4.79 Å². The van der Waals surface area contributed by atoms with Crippen LogP contribution in [0.5, 0.6) is 0 Å². The highest BCUT2D eigenvalue weighted by Gasteiger charge is 2.43. The predicted octanol–water partition coefficient (Wildman–Crippen LogP) is 4.25. The maximum Gasteiger partial charge on any atom is 0.194 e. The molecule has 0 aromatic rings. The molecule has 1 unspecified atom stereocenters. The first-order chi connectivity index (χ1) is 10.2. The fraction of sp³-hybridized carbons (Fsp3) is 0.526. The normalized spacial score (nSPS) is 21.7. The SMILES string of the molecule is CC(C)(C)[Si](C)(C)OC1(C#C/C=C\C#CC=O)C=CCCC1. The molecule has 1 aliphatic carbocycles. The number of rotatable bonds is 2. The monoisotopic (exact) mass is 314 g/mol. The molecule has 0 N–H and O–H groups in total. The third-order valence-corrected chi connectivity index (χ3v) is 8.71. The molecule has 0 spiro atoms. The quantitative estimate of drug-likeness (QED) is 0.330. The van der Waals surface area contributed by atoms with Crippen LogP contribution in [0.15, 0.2) is 24.3 Å². The first-order valence-corrected chi connectivity index (χ1v) is 10.6. The number of hydrogen-bond acceptors (Lipinski definition) is 2. The van der Waals surface area contributed by atoms with Gasteiger partial charge < -0.3 is 4.43 Å². The summed E-state index contributed by atoms with van der Waals surface area (Å²) in [5, 5.41) is 0.151. The van der Waals surface area contributed by atoms with Crippen LogP contribution in [-0.2, 0) is 9.22 Å². The van der Waals surface area contributed by atoms with Gasteiger partial charge in [-0.25, -0.2) is 0 Å². The van der Waals surface area contributed by atoms with Gasteiger partial charge in [-0.15, -0.1) is 0 Å². The maximum absolute atomic E-state index is 10.1. The largest absolute Gasteiger partial charge is 0.398 e. The predicted molar refractivity (Wildman–Crippen MR) is 94.8 cm³/mol. The second kappa shape index (κ2) is 7.63. The third kappa shape index (κ3) is 5.33. The first kappa shape index (κ1) is 18.5. The number of carbonyl (C=O) groups is 1. The van der Waals surface area contributed by atoms with Gasteiger partial charge in [0, 0.05) is 0 Å². The summed E-state index contributed by atoms with van der Waals surface area (Å²) in [6.45, 7) is 11.2. The molecule has 0 bridgehead atoms. The minimum absolute atomic E-state index is 0.151. The molecule has 0 saturated carbocycles. The van der Waals surface area contributed by atoms with E-state index in [2.05, 4.69) is 69.7 Å². The van der Waals surface area contributed by atoms with Crippen molar-refractivity contribution in [1.82, 2.24) is 0 Å². The molecule has 2 nitrogen and oxygen atoms in total. The van der Waals surface area contributed by atoms with Crippen LogP contribution in [0.2, 0.25) is 18.1 Å². The van der Waals surface area contributed by atoms with Gasteiger partial charge in [-0.2, -0.15) is 0 Å². The summed E-state index contributed by atoms with van der Waals surface area (Å²) in [6, 6.07) is 0. The number of aldehydes is 1. The lowest BCUT2D eigenvalue weighted by molar-refractivity contribution is -0.103. The lowest BCUT2D eigenvalue weighted by Gasteiger charge is -2.43. The van der Waals surface area contributed by atoms with Crippen molar-refractivity contribution in [3.05, 3.63) is 24.3 Å². The van der Waals surface area contributed by atoms with Crippen molar-refractivity contribution in [2.75, 3.05) is 0 Å². The molecule has 1 atom stereocenters. The smallest absolute Gasteiger partial charge is 0.194 e. The molecule has 1 aliphatic rings. The highest BCUT2D eigenvalue weighted by molar-refractivity contribution is 6.74. The van der Waals surface area contributed by atoms with Gasteiger partial charge in [0.05, 0.1) is 0 Å². The molecular formula is C19H26O2Si. The van der Waals surface area contributed by atoms with Crippen molar-refractivity contribution in [2.45, 2.75) is 63.8 Å². The Hall–Kier alpha value is -1.55. The maximum atomic E-state index is 10.1. The van der Waals surface area contributed by atoms with E-state index >= 15 is 0 Å². The van der Waals surface area contributed by atoms with Crippen molar-refractivity contribution < 1.29 is 9.22 Å². The Kier molecular flexibility index (Phi) is 6.42. The fourth-order valence-electron chi connectivity index (χ4n) is 1.99. The van der Waals surface area contributed by atoms with Crippen LogP contribution in [0.3, 0.4) is 0 Å². The minimum atomic E-state index is -1.90. The Morgan fingerprint density at radius 3 is 2.41 bits per heavy atom. The molecule has 0 saturated heterocycles. The van der Waals surface area contributed by atoms with Crippen molar-refractivity contribution in [3.63, 3.8) is 0 Å². The Morgan fingerprint density at radius 1 is 1.18 bits per heavy atom. The summed E-state index contributed by atoms with van der Waals surface area (Å²) in [7, 11) is -1.90. The van der Waals surface area contributed by atoms with Crippen molar-refractivity contribution in [1.29, 1.82) is 0 Å². The average Bonchev–Trinajstić information content (AvgIpc) is 2.42. The van der Waals surface area contributed by atoms with E-state index in [0.29, 0.717) is 6.29 Å². The molecule has 22 heavy (non-hydrogen) atoms. The van der Waals surface area contributed by atoms with Crippen LogP contribution in [0, 0.1) is 23.7 Å². The van der Waals surface area contributed by atoms with Gasteiger partial charge in [0.15, 0.2) is 14.6 Å². The molecule has 1 rings (SSSR count). The van der Waals surface area contributed by atoms with Crippen LogP contribution in [0.25, 0.3) is 0 Å². The molecule has 0 aromatic heterocycles. The summed E-state index contributed by atoms with van der Waals surface area (Å²) >= 11 is 0. The van der Waals surface area contributed by atoms with Gasteiger partial charge in [0.25, 0.3) is 0 Å². The van der Waals surface area contributed by atoms with Gasteiger partial charge in [0.1, 0.15) is 5.60 Å². The van der Waals surface area contributed by atoms with Gasteiger partial charge in [-0.3, -0.25) is 4.79 Å². The first-order valence-electron chi connectivity index (χ1n) is 7.73. The number of allylic oxidation sites excluding steroid dienone is 3. The zero-order valence-corrected chi connectivity index (χ0v) is 15.3. The van der Waals surface area contributed by atoms with Gasteiger partial charge in [-0.05, 0) is 61.5 Å². The Labute approximate surface area is 136 Å². The second-order valence-electron chi connectivity index (χ2n) is 7.06. The van der Waals surface area contributed by atoms with Gasteiger partial charge in [0.2, 0.25) is 0 Å². The molecule has 3 heteroatoms. The van der Waals surface area contributed by atoms with Crippen LogP contribution in [0.1, 0.15) is 40.0 Å².